The first-order chi connectivity index (χ1) is 8.78. The molecule has 0 radical (unpaired) electrons. The van der Waals surface area contributed by atoms with Crippen molar-refractivity contribution in [2.24, 2.45) is 9.98 Å². The third kappa shape index (κ3) is 3.07. The van der Waals surface area contributed by atoms with Crippen LogP contribution < -0.4 is 0 Å². The Morgan fingerprint density at radius 2 is 1.83 bits per heavy atom. The minimum atomic E-state index is 0.624. The van der Waals surface area contributed by atoms with Crippen LogP contribution in [-0.2, 0) is 0 Å². The van der Waals surface area contributed by atoms with Crippen molar-refractivity contribution in [3.63, 3.8) is 0 Å². The maximum atomic E-state index is 4.31. The number of aromatic nitrogens is 2. The standard InChI is InChI=1S/C14H16N4/c1-5-11(15-7-3)13-14(18-10-9-17-13)12(6-2)16-8-4/h5-10H,1,3H2,2,4H3/b12-6-,15-11?,16-8?. The van der Waals surface area contributed by atoms with Crippen molar-refractivity contribution < 1.29 is 0 Å². The van der Waals surface area contributed by atoms with Crippen LogP contribution in [0.15, 0.2) is 53.9 Å². The summed E-state index contributed by atoms with van der Waals surface area (Å²) in [6, 6.07) is 0. The molecular formula is C14H16N4. The predicted octanol–water partition coefficient (Wildman–Crippen LogP) is 3.05. The van der Waals surface area contributed by atoms with Gasteiger partial charge in [0.2, 0.25) is 0 Å². The fourth-order valence-corrected chi connectivity index (χ4v) is 1.43. The van der Waals surface area contributed by atoms with E-state index in [9.17, 15) is 0 Å². The van der Waals surface area contributed by atoms with Crippen LogP contribution >= 0.6 is 0 Å². The van der Waals surface area contributed by atoms with Gasteiger partial charge >= 0.3 is 0 Å². The quantitative estimate of drug-likeness (QED) is 0.743. The van der Waals surface area contributed by atoms with Crippen LogP contribution in [0.1, 0.15) is 25.2 Å². The van der Waals surface area contributed by atoms with E-state index < -0.39 is 0 Å². The van der Waals surface area contributed by atoms with Crippen LogP contribution in [0.3, 0.4) is 0 Å². The Kier molecular flexibility index (Phi) is 5.38. The highest BCUT2D eigenvalue weighted by atomic mass is 14.9. The fourth-order valence-electron chi connectivity index (χ4n) is 1.43. The van der Waals surface area contributed by atoms with Crippen LogP contribution in [-0.4, -0.2) is 21.9 Å². The van der Waals surface area contributed by atoms with Gasteiger partial charge in [0.15, 0.2) is 0 Å². The highest BCUT2D eigenvalue weighted by Crippen LogP contribution is 2.17. The molecule has 0 unspecified atom stereocenters. The highest BCUT2D eigenvalue weighted by Gasteiger charge is 2.12. The lowest BCUT2D eigenvalue weighted by Crippen LogP contribution is -2.06. The third-order valence-corrected chi connectivity index (χ3v) is 2.15. The average Bonchev–Trinajstić information content (AvgIpc) is 2.42. The maximum Gasteiger partial charge on any atom is 0.116 e. The van der Waals surface area contributed by atoms with E-state index in [0.717, 1.165) is 5.70 Å². The first-order valence-electron chi connectivity index (χ1n) is 5.56. The first-order valence-corrected chi connectivity index (χ1v) is 5.56. The molecule has 4 heteroatoms. The number of hydrogen-bond acceptors (Lipinski definition) is 4. The molecule has 0 aliphatic rings. The Morgan fingerprint density at radius 3 is 2.33 bits per heavy atom. The molecule has 4 nitrogen and oxygen atoms in total. The Labute approximate surface area is 107 Å². The molecule has 0 aliphatic heterocycles. The van der Waals surface area contributed by atoms with Gasteiger partial charge in [-0.1, -0.05) is 19.2 Å². The van der Waals surface area contributed by atoms with E-state index in [2.05, 4.69) is 33.1 Å². The summed E-state index contributed by atoms with van der Waals surface area (Å²) >= 11 is 0. The molecule has 1 aromatic rings. The monoisotopic (exact) mass is 240 g/mol. The van der Waals surface area contributed by atoms with Gasteiger partial charge in [0.1, 0.15) is 11.4 Å². The van der Waals surface area contributed by atoms with E-state index in [1.54, 1.807) is 24.7 Å². The molecule has 18 heavy (non-hydrogen) atoms. The van der Waals surface area contributed by atoms with E-state index >= 15 is 0 Å². The van der Waals surface area contributed by atoms with Crippen molar-refractivity contribution in [2.45, 2.75) is 13.8 Å². The summed E-state index contributed by atoms with van der Waals surface area (Å²) < 4.78 is 0. The van der Waals surface area contributed by atoms with Crippen molar-refractivity contribution in [1.29, 1.82) is 0 Å². The summed E-state index contributed by atoms with van der Waals surface area (Å²) in [4.78, 5) is 17.0. The molecular weight excluding hydrogens is 224 g/mol. The molecule has 0 saturated carbocycles. The van der Waals surface area contributed by atoms with Gasteiger partial charge in [-0.2, -0.15) is 0 Å². The zero-order valence-electron chi connectivity index (χ0n) is 10.7. The lowest BCUT2D eigenvalue weighted by Gasteiger charge is -2.06. The zero-order valence-corrected chi connectivity index (χ0v) is 10.7. The molecule has 0 amide bonds. The molecule has 1 aromatic heterocycles. The van der Waals surface area contributed by atoms with E-state index in [4.69, 9.17) is 0 Å². The average molecular weight is 240 g/mol. The van der Waals surface area contributed by atoms with Gasteiger partial charge in [-0.05, 0) is 19.9 Å². The Balaban J connectivity index is 3.42. The minimum Gasteiger partial charge on any atom is -0.260 e. The Hall–Kier alpha value is -2.36. The molecule has 0 aromatic carbocycles. The first kappa shape index (κ1) is 13.7. The molecule has 1 heterocycles. The summed E-state index contributed by atoms with van der Waals surface area (Å²) in [5.41, 5.74) is 2.70. The van der Waals surface area contributed by atoms with Crippen LogP contribution in [0, 0.1) is 0 Å². The molecule has 0 bridgehead atoms. The van der Waals surface area contributed by atoms with Crippen LogP contribution in [0.4, 0.5) is 0 Å². The van der Waals surface area contributed by atoms with Crippen molar-refractivity contribution in [2.75, 3.05) is 0 Å². The lowest BCUT2D eigenvalue weighted by molar-refractivity contribution is 1.13. The summed E-state index contributed by atoms with van der Waals surface area (Å²) in [6.07, 6.45) is 9.91. The Morgan fingerprint density at radius 1 is 1.17 bits per heavy atom. The highest BCUT2D eigenvalue weighted by molar-refractivity contribution is 6.09. The van der Waals surface area contributed by atoms with Crippen molar-refractivity contribution in [1.82, 2.24) is 9.97 Å². The lowest BCUT2D eigenvalue weighted by atomic mass is 10.1. The van der Waals surface area contributed by atoms with Crippen molar-refractivity contribution in [3.8, 4) is 0 Å². The molecule has 0 atom stereocenters. The zero-order chi connectivity index (χ0) is 13.4. The van der Waals surface area contributed by atoms with E-state index in [0.29, 0.717) is 17.1 Å². The molecule has 92 valence electrons. The van der Waals surface area contributed by atoms with Crippen molar-refractivity contribution in [3.05, 3.63) is 55.3 Å². The topological polar surface area (TPSA) is 50.5 Å². The summed E-state index contributed by atoms with van der Waals surface area (Å²) in [6.45, 7) is 11.1. The largest absolute Gasteiger partial charge is 0.260 e. The second kappa shape index (κ2) is 7.06. The van der Waals surface area contributed by atoms with Crippen LogP contribution in [0.2, 0.25) is 0 Å². The van der Waals surface area contributed by atoms with Gasteiger partial charge < -0.3 is 0 Å². The molecule has 0 spiro atoms. The number of aliphatic imine (C=N–C) groups is 2. The molecule has 0 aliphatic carbocycles. The smallest absolute Gasteiger partial charge is 0.116 e. The van der Waals surface area contributed by atoms with Crippen LogP contribution in [0.5, 0.6) is 0 Å². The summed E-state index contributed by atoms with van der Waals surface area (Å²) in [7, 11) is 0. The van der Waals surface area contributed by atoms with E-state index in [-0.39, 0.29) is 0 Å². The Bertz CT molecular complexity index is 524. The predicted molar refractivity (Wildman–Crippen MR) is 76.8 cm³/mol. The van der Waals surface area contributed by atoms with Gasteiger partial charge in [-0.25, -0.2) is 0 Å². The van der Waals surface area contributed by atoms with Gasteiger partial charge in [0.05, 0.1) is 11.4 Å². The third-order valence-electron chi connectivity index (χ3n) is 2.15. The minimum absolute atomic E-state index is 0.624. The molecule has 0 fully saturated rings. The second-order valence-electron chi connectivity index (χ2n) is 3.22. The second-order valence-corrected chi connectivity index (χ2v) is 3.22. The van der Waals surface area contributed by atoms with E-state index in [1.807, 2.05) is 19.9 Å². The summed E-state index contributed by atoms with van der Waals surface area (Å²) in [5.74, 6) is 0. The van der Waals surface area contributed by atoms with Gasteiger partial charge in [0.25, 0.3) is 0 Å². The van der Waals surface area contributed by atoms with Gasteiger partial charge in [0, 0.05) is 24.8 Å². The molecule has 0 N–H and O–H groups in total. The molecule has 1 rings (SSSR count). The van der Waals surface area contributed by atoms with Gasteiger partial charge in [-0.3, -0.25) is 20.0 Å². The number of hydrogen-bond donors (Lipinski definition) is 0. The SMILES string of the molecule is C=CN=C(C=C)c1nccnc1/C(=C/C)N=CC. The summed E-state index contributed by atoms with van der Waals surface area (Å²) in [5, 5.41) is 0. The number of rotatable bonds is 5. The maximum absolute atomic E-state index is 4.31. The normalized spacial score (nSPS) is 12.8. The van der Waals surface area contributed by atoms with E-state index in [1.165, 1.54) is 6.20 Å². The van der Waals surface area contributed by atoms with Crippen molar-refractivity contribution >= 4 is 17.6 Å². The van der Waals surface area contributed by atoms with Gasteiger partial charge in [-0.15, -0.1) is 0 Å². The number of nitrogens with zero attached hydrogens (tertiary/aromatic N) is 4. The number of allylic oxidation sites excluding steroid dienone is 2. The van der Waals surface area contributed by atoms with Crippen LogP contribution in [0.25, 0.3) is 5.70 Å². The fraction of sp³-hybridized carbons (Fsp3) is 0.143. The molecule has 0 saturated heterocycles.